The molecule has 2 aliphatic rings. The Balaban J connectivity index is 2.40. The number of anilines is 1. The Morgan fingerprint density at radius 2 is 2.08 bits per heavy atom. The summed E-state index contributed by atoms with van der Waals surface area (Å²) in [6, 6.07) is 0. The Morgan fingerprint density at radius 3 is 2.75 bits per heavy atom. The van der Waals surface area contributed by atoms with Crippen LogP contribution in [-0.2, 0) is 4.57 Å². The van der Waals surface area contributed by atoms with Gasteiger partial charge in [0.05, 0.1) is 6.20 Å². The minimum atomic E-state index is -3.39. The number of aromatic nitrogens is 1. The second-order valence-corrected chi connectivity index (χ2v) is 3.83. The van der Waals surface area contributed by atoms with Gasteiger partial charge in [-0.2, -0.15) is 4.57 Å². The van der Waals surface area contributed by atoms with Crippen LogP contribution < -0.4 is 19.3 Å². The van der Waals surface area contributed by atoms with E-state index in [-0.39, 0.29) is 11.6 Å². The van der Waals surface area contributed by atoms with Crippen LogP contribution in [0.25, 0.3) is 0 Å². The molecule has 2 bridgehead atoms. The second-order valence-electron chi connectivity index (χ2n) is 2.39. The van der Waals surface area contributed by atoms with Crippen molar-refractivity contribution in [2.24, 2.45) is 0 Å². The van der Waals surface area contributed by atoms with Gasteiger partial charge in [-0.1, -0.05) is 0 Å². The fourth-order valence-corrected chi connectivity index (χ4v) is 2.39. The van der Waals surface area contributed by atoms with Gasteiger partial charge in [-0.05, 0) is 0 Å². The van der Waals surface area contributed by atoms with Gasteiger partial charge in [0.15, 0.2) is 11.6 Å². The monoisotopic (exact) mass is 186 g/mol. The van der Waals surface area contributed by atoms with E-state index in [1.54, 1.807) is 0 Å². The molecular formula is C5H3N2O4P. The molecule has 3 rings (SSSR count). The van der Waals surface area contributed by atoms with E-state index in [0.29, 0.717) is 11.5 Å². The zero-order valence-corrected chi connectivity index (χ0v) is 6.58. The molecule has 6 nitrogen and oxygen atoms in total. The summed E-state index contributed by atoms with van der Waals surface area (Å²) in [6.07, 6.45) is 1.36. The third-order valence-corrected chi connectivity index (χ3v) is 2.83. The smallest absolute Gasteiger partial charge is 0.380 e. The maximum absolute atomic E-state index is 11.3. The fraction of sp³-hybridized carbons (Fsp3) is 0. The first-order chi connectivity index (χ1) is 5.68. The Labute approximate surface area is 66.9 Å². The molecule has 0 saturated heterocycles. The number of rotatable bonds is 0. The van der Waals surface area contributed by atoms with Crippen molar-refractivity contribution in [3.05, 3.63) is 6.20 Å². The first-order valence-electron chi connectivity index (χ1n) is 3.15. The molecule has 62 valence electrons. The highest BCUT2D eigenvalue weighted by molar-refractivity contribution is 7.50. The van der Waals surface area contributed by atoms with E-state index in [0.717, 1.165) is 0 Å². The summed E-state index contributed by atoms with van der Waals surface area (Å²) in [4.78, 5) is 3.75. The number of hydrogen-bond donors (Lipinski definition) is 1. The van der Waals surface area contributed by atoms with Crippen LogP contribution in [0.2, 0.25) is 0 Å². The summed E-state index contributed by atoms with van der Waals surface area (Å²) in [7, 11) is -3.39. The molecule has 1 aromatic heterocycles. The second kappa shape index (κ2) is 1.51. The number of fused-ring (bicyclic) bond motifs is 1. The molecular weight excluding hydrogens is 183 g/mol. The van der Waals surface area contributed by atoms with Crippen LogP contribution in [0.4, 0.5) is 5.82 Å². The molecule has 0 saturated carbocycles. The molecule has 1 aromatic rings. The molecule has 0 aliphatic carbocycles. The molecule has 1 unspecified atom stereocenters. The van der Waals surface area contributed by atoms with E-state index in [2.05, 4.69) is 4.98 Å². The molecule has 12 heavy (non-hydrogen) atoms. The SMILES string of the molecule is Nc1ncc2c3c1OP(=O)(O2)O3. The van der Waals surface area contributed by atoms with Gasteiger partial charge in [0.25, 0.3) is 0 Å². The third-order valence-electron chi connectivity index (χ3n) is 1.60. The quantitative estimate of drug-likeness (QED) is 0.607. The minimum Gasteiger partial charge on any atom is -0.380 e. The van der Waals surface area contributed by atoms with Gasteiger partial charge in [-0.25, -0.2) is 4.98 Å². The number of nitrogen functional groups attached to an aromatic ring is 1. The lowest BCUT2D eigenvalue weighted by Crippen LogP contribution is -2.01. The zero-order chi connectivity index (χ0) is 8.34. The molecule has 0 fully saturated rings. The van der Waals surface area contributed by atoms with Crippen LogP contribution in [0, 0.1) is 0 Å². The summed E-state index contributed by atoms with van der Waals surface area (Å²) in [5, 5.41) is 0. The van der Waals surface area contributed by atoms with Crippen molar-refractivity contribution >= 4 is 13.6 Å². The average Bonchev–Trinajstić information content (AvgIpc) is 2.49. The van der Waals surface area contributed by atoms with Gasteiger partial charge >= 0.3 is 7.82 Å². The van der Waals surface area contributed by atoms with Gasteiger partial charge in [-0.3, -0.25) is 0 Å². The van der Waals surface area contributed by atoms with Crippen LogP contribution in [-0.4, -0.2) is 4.98 Å². The van der Waals surface area contributed by atoms with E-state index < -0.39 is 7.82 Å². The maximum Gasteiger partial charge on any atom is 0.647 e. The molecule has 0 aromatic carbocycles. The Hall–Kier alpha value is -1.42. The predicted octanol–water partition coefficient (Wildman–Crippen LogP) is 0.935. The maximum atomic E-state index is 11.3. The van der Waals surface area contributed by atoms with Crippen LogP contribution in [0.1, 0.15) is 0 Å². The summed E-state index contributed by atoms with van der Waals surface area (Å²) in [5.74, 6) is 1.01. The van der Waals surface area contributed by atoms with Crippen molar-refractivity contribution in [1.82, 2.24) is 4.98 Å². The van der Waals surface area contributed by atoms with Crippen LogP contribution in [0.15, 0.2) is 6.20 Å². The summed E-state index contributed by atoms with van der Waals surface area (Å²) in [5.41, 5.74) is 5.43. The summed E-state index contributed by atoms with van der Waals surface area (Å²) in [6.45, 7) is 0. The molecule has 3 heterocycles. The molecule has 0 amide bonds. The van der Waals surface area contributed by atoms with Crippen LogP contribution in [0.5, 0.6) is 17.2 Å². The van der Waals surface area contributed by atoms with Crippen molar-refractivity contribution in [1.29, 1.82) is 0 Å². The topological polar surface area (TPSA) is 83.7 Å². The normalized spacial score (nSPS) is 27.7. The standard InChI is InChI=1S/C5H3N2O4P/c6-5-4-3-2(1-7-5)9-12(8,10-3)11-4/h1H,(H2,6,7). The molecule has 0 radical (unpaired) electrons. The largest absolute Gasteiger partial charge is 0.647 e. The lowest BCUT2D eigenvalue weighted by Gasteiger charge is -2.09. The number of nitrogens with zero attached hydrogens (tertiary/aromatic N) is 1. The molecule has 2 aliphatic heterocycles. The number of phosphoric acid groups is 1. The van der Waals surface area contributed by atoms with Crippen molar-refractivity contribution in [3.8, 4) is 17.2 Å². The van der Waals surface area contributed by atoms with Gasteiger partial charge in [0, 0.05) is 0 Å². The molecule has 1 atom stereocenters. The zero-order valence-electron chi connectivity index (χ0n) is 5.68. The molecule has 2 N–H and O–H groups in total. The number of phosphoric ester groups is 1. The first-order valence-corrected chi connectivity index (χ1v) is 4.61. The summed E-state index contributed by atoms with van der Waals surface area (Å²) >= 11 is 0. The van der Waals surface area contributed by atoms with E-state index in [1.165, 1.54) is 6.20 Å². The first kappa shape index (κ1) is 6.14. The van der Waals surface area contributed by atoms with Crippen molar-refractivity contribution < 1.29 is 18.1 Å². The van der Waals surface area contributed by atoms with Crippen LogP contribution >= 0.6 is 7.82 Å². The molecule has 0 spiro atoms. The van der Waals surface area contributed by atoms with Gasteiger partial charge in [-0.15, -0.1) is 0 Å². The highest BCUT2D eigenvalue weighted by atomic mass is 31.2. The highest BCUT2D eigenvalue weighted by Gasteiger charge is 2.51. The summed E-state index contributed by atoms with van der Waals surface area (Å²) < 4.78 is 25.8. The minimum absolute atomic E-state index is 0.162. The fourth-order valence-electron chi connectivity index (χ4n) is 1.11. The van der Waals surface area contributed by atoms with Crippen LogP contribution in [0.3, 0.4) is 0 Å². The average molecular weight is 186 g/mol. The Kier molecular flexibility index (Phi) is 0.774. The van der Waals surface area contributed by atoms with E-state index in [1.807, 2.05) is 0 Å². The van der Waals surface area contributed by atoms with E-state index in [4.69, 9.17) is 19.3 Å². The lowest BCUT2D eigenvalue weighted by molar-refractivity contribution is 0.353. The van der Waals surface area contributed by atoms with Crippen molar-refractivity contribution in [2.45, 2.75) is 0 Å². The number of nitrogens with two attached hydrogens (primary N) is 1. The predicted molar refractivity (Wildman–Crippen MR) is 38.1 cm³/mol. The molecule has 7 heteroatoms. The van der Waals surface area contributed by atoms with Gasteiger partial charge < -0.3 is 19.3 Å². The van der Waals surface area contributed by atoms with E-state index in [9.17, 15) is 4.57 Å². The van der Waals surface area contributed by atoms with Crippen molar-refractivity contribution in [2.75, 3.05) is 5.73 Å². The number of pyridine rings is 1. The Morgan fingerprint density at radius 1 is 1.33 bits per heavy atom. The van der Waals surface area contributed by atoms with Gasteiger partial charge in [0.2, 0.25) is 11.5 Å². The highest BCUT2D eigenvalue weighted by Crippen LogP contribution is 2.69. The number of hydrogen-bond acceptors (Lipinski definition) is 6. The van der Waals surface area contributed by atoms with E-state index >= 15 is 0 Å². The Bertz CT molecular complexity index is 432. The van der Waals surface area contributed by atoms with Gasteiger partial charge in [0.1, 0.15) is 0 Å². The lowest BCUT2D eigenvalue weighted by atomic mass is 10.4. The van der Waals surface area contributed by atoms with Crippen molar-refractivity contribution in [3.63, 3.8) is 0 Å². The third kappa shape index (κ3) is 0.527.